The van der Waals surface area contributed by atoms with Crippen molar-refractivity contribution in [3.63, 3.8) is 0 Å². The minimum Gasteiger partial charge on any atom is -0.252 e. The van der Waals surface area contributed by atoms with Gasteiger partial charge in [-0.2, -0.15) is 4.89 Å². The molecule has 1 atom stereocenters. The second kappa shape index (κ2) is 3.33. The Balaban J connectivity index is 3.14. The van der Waals surface area contributed by atoms with Crippen molar-refractivity contribution in [3.8, 4) is 0 Å². The Morgan fingerprint density at radius 2 is 1.86 bits per heavy atom. The van der Waals surface area contributed by atoms with Gasteiger partial charge >= 0.3 is 0 Å². The predicted octanol–water partition coefficient (Wildman–Crippen LogP) is -0.138. The minimum atomic E-state index is 0.649. The Hall–Kier alpha value is 0.310. The largest absolute Gasteiger partial charge is 0.252 e. The summed E-state index contributed by atoms with van der Waals surface area (Å²) < 4.78 is 0. The van der Waals surface area contributed by atoms with Crippen LogP contribution < -0.4 is 5.84 Å². The molecule has 0 heterocycles. The average molecular weight is 121 g/mol. The molecule has 0 aromatic rings. The minimum absolute atomic E-state index is 0.649. The number of hydrogen-bond acceptors (Lipinski definition) is 3. The molecule has 0 aliphatic heterocycles. The first-order valence-corrected chi connectivity index (χ1v) is 3.52. The fourth-order valence-electron chi connectivity index (χ4n) is 0.200. The summed E-state index contributed by atoms with van der Waals surface area (Å²) in [5.74, 6) is 5.39. The maximum Gasteiger partial charge on any atom is 0.00316 e. The lowest BCUT2D eigenvalue weighted by atomic mass is 11.2. The standard InChI is InChI=1S/C3H12N3P/c1-5(2)6(4)7-3/h7H,4H2,1-3H3. The normalized spacial score (nSPS) is 12.9. The molecule has 0 spiro atoms. The van der Waals surface area contributed by atoms with Crippen molar-refractivity contribution in [2.75, 3.05) is 20.8 Å². The van der Waals surface area contributed by atoms with E-state index >= 15 is 0 Å². The van der Waals surface area contributed by atoms with Crippen LogP contribution in [0.3, 0.4) is 0 Å². The molecule has 0 aromatic carbocycles. The highest BCUT2D eigenvalue weighted by atomic mass is 31.1. The highest BCUT2D eigenvalue weighted by Crippen LogP contribution is 2.05. The van der Waals surface area contributed by atoms with Crippen molar-refractivity contribution < 1.29 is 0 Å². The van der Waals surface area contributed by atoms with Crippen LogP contribution >= 0.6 is 8.73 Å². The van der Waals surface area contributed by atoms with E-state index in [2.05, 4.69) is 0 Å². The van der Waals surface area contributed by atoms with Crippen LogP contribution in [-0.4, -0.2) is 30.7 Å². The molecule has 44 valence electrons. The fourth-order valence-corrected chi connectivity index (χ4v) is 0.600. The number of hydrazine groups is 2. The molecular formula is C3H12N3P. The lowest BCUT2D eigenvalue weighted by Crippen LogP contribution is -2.35. The van der Waals surface area contributed by atoms with E-state index < -0.39 is 0 Å². The molecule has 0 saturated carbocycles. The summed E-state index contributed by atoms with van der Waals surface area (Å²) in [5.41, 5.74) is 0. The van der Waals surface area contributed by atoms with E-state index in [1.165, 1.54) is 0 Å². The zero-order chi connectivity index (χ0) is 5.86. The Morgan fingerprint density at radius 1 is 1.43 bits per heavy atom. The third-order valence-corrected chi connectivity index (χ3v) is 1.52. The van der Waals surface area contributed by atoms with Crippen molar-refractivity contribution in [1.82, 2.24) is 9.90 Å². The van der Waals surface area contributed by atoms with E-state index in [-0.39, 0.29) is 0 Å². The van der Waals surface area contributed by atoms with Crippen LogP contribution in [0.5, 0.6) is 0 Å². The Labute approximate surface area is 46.2 Å². The summed E-state index contributed by atoms with van der Waals surface area (Å²) in [6.45, 7) is 2.03. The van der Waals surface area contributed by atoms with Gasteiger partial charge in [0.2, 0.25) is 0 Å². The molecule has 0 aliphatic carbocycles. The molecule has 3 nitrogen and oxygen atoms in total. The van der Waals surface area contributed by atoms with Gasteiger partial charge in [-0.3, -0.25) is 5.84 Å². The van der Waals surface area contributed by atoms with Crippen LogP contribution in [0.1, 0.15) is 0 Å². The third kappa shape index (κ3) is 2.94. The Kier molecular flexibility index (Phi) is 3.48. The molecule has 1 unspecified atom stereocenters. The summed E-state index contributed by atoms with van der Waals surface area (Å²) in [4.78, 5) is 1.65. The summed E-state index contributed by atoms with van der Waals surface area (Å²) in [5, 5.41) is 1.85. The summed E-state index contributed by atoms with van der Waals surface area (Å²) >= 11 is 0. The van der Waals surface area contributed by atoms with Crippen molar-refractivity contribution in [2.45, 2.75) is 0 Å². The van der Waals surface area contributed by atoms with E-state index in [9.17, 15) is 0 Å². The van der Waals surface area contributed by atoms with E-state index in [4.69, 9.17) is 5.84 Å². The Morgan fingerprint density at radius 3 is 1.86 bits per heavy atom. The number of nitrogens with two attached hydrogens (primary N) is 1. The third-order valence-electron chi connectivity index (χ3n) is 0.660. The van der Waals surface area contributed by atoms with Gasteiger partial charge in [0, 0.05) is 14.1 Å². The first-order valence-electron chi connectivity index (χ1n) is 2.08. The number of hydrogen-bond donors (Lipinski definition) is 1. The molecule has 0 radical (unpaired) electrons. The molecule has 4 heteroatoms. The van der Waals surface area contributed by atoms with Gasteiger partial charge in [0.25, 0.3) is 0 Å². The maximum absolute atomic E-state index is 5.39. The average Bonchev–Trinajstić information content (AvgIpc) is 1.65. The predicted molar refractivity (Wildman–Crippen MR) is 34.0 cm³/mol. The molecule has 2 N–H and O–H groups in total. The topological polar surface area (TPSA) is 32.5 Å². The van der Waals surface area contributed by atoms with E-state index in [0.29, 0.717) is 8.73 Å². The Bertz CT molecular complexity index is 47.4. The van der Waals surface area contributed by atoms with Crippen LogP contribution in [0.15, 0.2) is 0 Å². The van der Waals surface area contributed by atoms with Gasteiger partial charge in [-0.15, -0.1) is 0 Å². The molecule has 0 bridgehead atoms. The van der Waals surface area contributed by atoms with Gasteiger partial charge in [0.1, 0.15) is 0 Å². The van der Waals surface area contributed by atoms with Gasteiger partial charge in [-0.25, -0.2) is 5.01 Å². The zero-order valence-electron chi connectivity index (χ0n) is 4.97. The molecule has 0 aliphatic rings. The molecule has 0 rings (SSSR count). The highest BCUT2D eigenvalue weighted by molar-refractivity contribution is 7.33. The van der Waals surface area contributed by atoms with Crippen LogP contribution in [0.25, 0.3) is 0 Å². The monoisotopic (exact) mass is 121 g/mol. The summed E-state index contributed by atoms with van der Waals surface area (Å²) in [6, 6.07) is 0. The fraction of sp³-hybridized carbons (Fsp3) is 1.00. The van der Waals surface area contributed by atoms with E-state index in [1.54, 1.807) is 4.89 Å². The van der Waals surface area contributed by atoms with Crippen LogP contribution in [-0.2, 0) is 0 Å². The molecular weight excluding hydrogens is 109 g/mol. The lowest BCUT2D eigenvalue weighted by molar-refractivity contribution is 0.141. The van der Waals surface area contributed by atoms with Gasteiger partial charge in [-0.05, 0) is 15.4 Å². The van der Waals surface area contributed by atoms with Crippen molar-refractivity contribution in [2.24, 2.45) is 5.84 Å². The molecule has 0 saturated heterocycles. The summed E-state index contributed by atoms with van der Waals surface area (Å²) in [7, 11) is 4.48. The van der Waals surface area contributed by atoms with Gasteiger partial charge in [0.15, 0.2) is 0 Å². The van der Waals surface area contributed by atoms with Crippen molar-refractivity contribution in [3.05, 3.63) is 0 Å². The first kappa shape index (κ1) is 7.31. The lowest BCUT2D eigenvalue weighted by Gasteiger charge is -2.20. The van der Waals surface area contributed by atoms with Crippen LogP contribution in [0.4, 0.5) is 0 Å². The summed E-state index contributed by atoms with van der Waals surface area (Å²) in [6.07, 6.45) is 0. The molecule has 0 aromatic heterocycles. The van der Waals surface area contributed by atoms with Crippen LogP contribution in [0, 0.1) is 0 Å². The van der Waals surface area contributed by atoms with Crippen molar-refractivity contribution >= 4 is 8.73 Å². The highest BCUT2D eigenvalue weighted by Gasteiger charge is 1.92. The molecule has 7 heavy (non-hydrogen) atoms. The van der Waals surface area contributed by atoms with E-state index in [0.717, 1.165) is 0 Å². The number of nitrogens with zero attached hydrogens (tertiary/aromatic N) is 2. The zero-order valence-corrected chi connectivity index (χ0v) is 5.97. The second-order valence-electron chi connectivity index (χ2n) is 1.42. The first-order chi connectivity index (χ1) is 3.18. The molecule has 0 fully saturated rings. The van der Waals surface area contributed by atoms with Gasteiger partial charge in [-0.1, -0.05) is 0 Å². The maximum atomic E-state index is 5.39. The number of rotatable bonds is 2. The van der Waals surface area contributed by atoms with Crippen LogP contribution in [0.2, 0.25) is 0 Å². The van der Waals surface area contributed by atoms with Gasteiger partial charge < -0.3 is 0 Å². The quantitative estimate of drug-likeness (QED) is 0.313. The van der Waals surface area contributed by atoms with Crippen molar-refractivity contribution in [1.29, 1.82) is 0 Å². The second-order valence-corrected chi connectivity index (χ2v) is 2.32. The molecule has 0 amide bonds. The smallest absolute Gasteiger partial charge is 0.00316 e. The van der Waals surface area contributed by atoms with Gasteiger partial charge in [0.05, 0.1) is 0 Å². The van der Waals surface area contributed by atoms with E-state index in [1.807, 2.05) is 25.8 Å². The SMILES string of the molecule is CPN(N)N(C)C.